The molecule has 28 heavy (non-hydrogen) atoms. The van der Waals surface area contributed by atoms with Gasteiger partial charge in [-0.05, 0) is 24.7 Å². The van der Waals surface area contributed by atoms with Gasteiger partial charge in [0.25, 0.3) is 5.56 Å². The Morgan fingerprint density at radius 2 is 2.00 bits per heavy atom. The second kappa shape index (κ2) is 9.95. The topological polar surface area (TPSA) is 106 Å². The molecule has 2 aromatic rings. The van der Waals surface area contributed by atoms with E-state index in [9.17, 15) is 14.7 Å². The minimum absolute atomic E-state index is 0.0494. The van der Waals surface area contributed by atoms with E-state index in [-0.39, 0.29) is 28.5 Å². The van der Waals surface area contributed by atoms with Crippen molar-refractivity contribution in [1.29, 1.82) is 0 Å². The molecule has 0 aliphatic rings. The number of ether oxygens (including phenoxy) is 2. The van der Waals surface area contributed by atoms with Crippen molar-refractivity contribution in [2.24, 2.45) is 4.99 Å². The number of H-pyrrole nitrogens is 1. The van der Waals surface area contributed by atoms with Gasteiger partial charge in [-0.15, -0.1) is 0 Å². The maximum absolute atomic E-state index is 12.4. The molecule has 9 heteroatoms. The van der Waals surface area contributed by atoms with E-state index in [0.717, 1.165) is 5.56 Å². The summed E-state index contributed by atoms with van der Waals surface area (Å²) in [6.45, 7) is 2.10. The van der Waals surface area contributed by atoms with E-state index < -0.39 is 17.6 Å². The number of aromatic nitrogens is 2. The number of aromatic amines is 1. The normalized spacial score (nSPS) is 12.6. The van der Waals surface area contributed by atoms with Crippen LogP contribution in [-0.2, 0) is 27.2 Å². The number of aromatic hydroxyl groups is 1. The third-order valence-corrected chi connectivity index (χ3v) is 4.47. The fourth-order valence-corrected chi connectivity index (χ4v) is 3.00. The molecule has 0 unspecified atom stereocenters. The lowest BCUT2D eigenvalue weighted by Gasteiger charge is -2.15. The van der Waals surface area contributed by atoms with Gasteiger partial charge in [-0.2, -0.15) is 0 Å². The fraction of sp³-hybridized carbons (Fsp3) is 0.368. The smallest absolute Gasteiger partial charge is 0.330 e. The fourth-order valence-electron chi connectivity index (χ4n) is 2.73. The van der Waals surface area contributed by atoms with Gasteiger partial charge in [-0.25, -0.2) is 4.79 Å². The van der Waals surface area contributed by atoms with Gasteiger partial charge in [-0.1, -0.05) is 30.3 Å². The lowest BCUT2D eigenvalue weighted by molar-refractivity contribution is -0.142. The monoisotopic (exact) mass is 405 g/mol. The molecule has 1 atom stereocenters. The molecule has 2 N–H and O–H groups in total. The van der Waals surface area contributed by atoms with Crippen molar-refractivity contribution in [3.8, 4) is 5.88 Å². The summed E-state index contributed by atoms with van der Waals surface area (Å²) in [5.74, 6) is -0.860. The lowest BCUT2D eigenvalue weighted by atomic mass is 10.1. The summed E-state index contributed by atoms with van der Waals surface area (Å²) in [4.78, 5) is 31.5. The maximum atomic E-state index is 12.4. The Kier molecular flexibility index (Phi) is 7.65. The number of nitrogens with zero attached hydrogens (tertiary/aromatic N) is 2. The minimum atomic E-state index is -0.859. The number of nitrogens with one attached hydrogen (secondary N) is 1. The average Bonchev–Trinajstić information content (AvgIpc) is 2.67. The van der Waals surface area contributed by atoms with Gasteiger partial charge in [0.1, 0.15) is 5.56 Å². The minimum Gasteiger partial charge on any atom is -0.494 e. The van der Waals surface area contributed by atoms with Crippen LogP contribution in [0, 0.1) is 4.77 Å². The highest BCUT2D eigenvalue weighted by Crippen LogP contribution is 2.16. The Morgan fingerprint density at radius 3 is 2.61 bits per heavy atom. The van der Waals surface area contributed by atoms with Gasteiger partial charge in [0.05, 0.1) is 26.0 Å². The molecule has 0 radical (unpaired) electrons. The van der Waals surface area contributed by atoms with Crippen LogP contribution >= 0.6 is 12.2 Å². The molecule has 0 saturated carbocycles. The zero-order valence-corrected chi connectivity index (χ0v) is 16.8. The van der Waals surface area contributed by atoms with Crippen molar-refractivity contribution in [3.63, 3.8) is 0 Å². The molecule has 0 amide bonds. The number of esters is 1. The molecule has 0 bridgehead atoms. The molecule has 8 nitrogen and oxygen atoms in total. The Hall–Kier alpha value is -2.78. The van der Waals surface area contributed by atoms with Crippen molar-refractivity contribution < 1.29 is 19.4 Å². The predicted octanol–water partition coefficient (Wildman–Crippen LogP) is 1.85. The van der Waals surface area contributed by atoms with Gasteiger partial charge in [-0.3, -0.25) is 19.3 Å². The van der Waals surface area contributed by atoms with Crippen molar-refractivity contribution >= 4 is 23.9 Å². The zero-order valence-electron chi connectivity index (χ0n) is 16.0. The highest BCUT2D eigenvalue weighted by Gasteiger charge is 2.22. The Bertz CT molecular complexity index is 966. The second-order valence-electron chi connectivity index (χ2n) is 6.05. The number of aliphatic imine (C=N–C) groups is 1. The van der Waals surface area contributed by atoms with Gasteiger partial charge in [0, 0.05) is 13.5 Å². The first-order valence-corrected chi connectivity index (χ1v) is 9.01. The first-order chi connectivity index (χ1) is 13.4. The van der Waals surface area contributed by atoms with Crippen molar-refractivity contribution in [2.75, 3.05) is 20.8 Å². The van der Waals surface area contributed by atoms with Gasteiger partial charge >= 0.3 is 5.97 Å². The third kappa shape index (κ3) is 5.14. The highest BCUT2D eigenvalue weighted by atomic mass is 32.1. The standard InChI is InChI=1S/C19H23N3O5S/c1-12(15-16(23)21-19(28)22(17(15)24)9-10-26-2)20-14(18(25)27-3)11-13-7-5-4-6-8-13/h4-8,14,24H,9-11H2,1-3H3,(H,21,23,28)/t14-/m0/s1. The molecular formula is C19H23N3O5S. The van der Waals surface area contributed by atoms with E-state index in [1.165, 1.54) is 18.8 Å². The van der Waals surface area contributed by atoms with Gasteiger partial charge in [0.15, 0.2) is 10.8 Å². The van der Waals surface area contributed by atoms with E-state index in [2.05, 4.69) is 9.98 Å². The Labute approximate surface area is 167 Å². The molecule has 0 saturated heterocycles. The number of rotatable bonds is 8. The van der Waals surface area contributed by atoms with Crippen molar-refractivity contribution in [1.82, 2.24) is 9.55 Å². The SMILES string of the molecule is COCCn1c(O)c(C(C)=N[C@@H](Cc2ccccc2)C(=O)OC)c(=O)[nH]c1=S. The van der Waals surface area contributed by atoms with Crippen LogP contribution in [0.2, 0.25) is 0 Å². The largest absolute Gasteiger partial charge is 0.494 e. The van der Waals surface area contributed by atoms with Crippen LogP contribution in [0.5, 0.6) is 5.88 Å². The molecular weight excluding hydrogens is 382 g/mol. The van der Waals surface area contributed by atoms with Crippen molar-refractivity contribution in [3.05, 3.63) is 56.6 Å². The molecule has 150 valence electrons. The number of benzene rings is 1. The summed E-state index contributed by atoms with van der Waals surface area (Å²) < 4.78 is 11.3. The summed E-state index contributed by atoms with van der Waals surface area (Å²) in [7, 11) is 2.80. The number of hydrogen-bond donors (Lipinski definition) is 2. The van der Waals surface area contributed by atoms with E-state index in [4.69, 9.17) is 21.7 Å². The molecule has 1 heterocycles. The summed E-state index contributed by atoms with van der Waals surface area (Å²) in [5, 5.41) is 10.6. The van der Waals surface area contributed by atoms with Crippen molar-refractivity contribution in [2.45, 2.75) is 25.9 Å². The van der Waals surface area contributed by atoms with Gasteiger partial charge in [0.2, 0.25) is 5.88 Å². The molecule has 0 fully saturated rings. The lowest BCUT2D eigenvalue weighted by Crippen LogP contribution is -2.27. The van der Waals surface area contributed by atoms with Gasteiger partial charge < -0.3 is 14.6 Å². The summed E-state index contributed by atoms with van der Waals surface area (Å²) >= 11 is 5.10. The Balaban J connectivity index is 2.47. The van der Waals surface area contributed by atoms with E-state index in [1.807, 2.05) is 30.3 Å². The molecule has 1 aromatic carbocycles. The van der Waals surface area contributed by atoms with Crippen LogP contribution in [0.15, 0.2) is 40.1 Å². The third-order valence-electron chi connectivity index (χ3n) is 4.15. The summed E-state index contributed by atoms with van der Waals surface area (Å²) in [6, 6.07) is 8.47. The van der Waals surface area contributed by atoms with E-state index >= 15 is 0 Å². The number of methoxy groups -OCH3 is 2. The number of hydrogen-bond acceptors (Lipinski definition) is 7. The van der Waals surface area contributed by atoms with Crippen LogP contribution in [0.3, 0.4) is 0 Å². The molecule has 2 rings (SSSR count). The van der Waals surface area contributed by atoms with Crippen LogP contribution in [0.4, 0.5) is 0 Å². The molecule has 0 aliphatic carbocycles. The second-order valence-corrected chi connectivity index (χ2v) is 6.43. The number of carbonyl (C=O) groups excluding carboxylic acids is 1. The first-order valence-electron chi connectivity index (χ1n) is 8.60. The van der Waals surface area contributed by atoms with E-state index in [1.54, 1.807) is 6.92 Å². The zero-order chi connectivity index (χ0) is 20.7. The Morgan fingerprint density at radius 1 is 1.32 bits per heavy atom. The number of carbonyl (C=O) groups is 1. The van der Waals surface area contributed by atoms with E-state index in [0.29, 0.717) is 13.0 Å². The van der Waals surface area contributed by atoms with Crippen LogP contribution < -0.4 is 5.56 Å². The summed E-state index contributed by atoms with van der Waals surface area (Å²) in [6.07, 6.45) is 0.298. The molecule has 1 aromatic heterocycles. The predicted molar refractivity (Wildman–Crippen MR) is 108 cm³/mol. The van der Waals surface area contributed by atoms with Crippen LogP contribution in [-0.4, -0.2) is 53.2 Å². The molecule has 0 spiro atoms. The average molecular weight is 405 g/mol. The first kappa shape index (κ1) is 21.5. The van der Waals surface area contributed by atoms with Crippen LogP contribution in [0.25, 0.3) is 0 Å². The highest BCUT2D eigenvalue weighted by molar-refractivity contribution is 7.71. The maximum Gasteiger partial charge on any atom is 0.330 e. The summed E-state index contributed by atoms with van der Waals surface area (Å²) in [5.41, 5.74) is 0.460. The van der Waals surface area contributed by atoms with Crippen LogP contribution in [0.1, 0.15) is 18.1 Å². The quantitative estimate of drug-likeness (QED) is 0.394. The molecule has 0 aliphatic heterocycles.